The molecule has 0 unspecified atom stereocenters. The molecule has 0 aliphatic rings. The monoisotopic (exact) mass is 631 g/mol. The number of sulfonamides is 1. The van der Waals surface area contributed by atoms with E-state index in [-0.39, 0.29) is 24.8 Å². The molecule has 0 spiro atoms. The van der Waals surface area contributed by atoms with Crippen LogP contribution in [0.1, 0.15) is 57.2 Å². The maximum atomic E-state index is 14.2. The van der Waals surface area contributed by atoms with Crippen LogP contribution < -0.4 is 9.62 Å². The number of nitrogens with zero attached hydrogens (tertiary/aromatic N) is 2. The van der Waals surface area contributed by atoms with Gasteiger partial charge >= 0.3 is 0 Å². The lowest BCUT2D eigenvalue weighted by molar-refractivity contribution is -0.140. The van der Waals surface area contributed by atoms with Crippen LogP contribution >= 0.6 is 23.2 Å². The molecule has 0 saturated heterocycles. The fraction of sp³-hybridized carbons (Fsp3) is 0.375. The van der Waals surface area contributed by atoms with Crippen molar-refractivity contribution in [2.24, 2.45) is 0 Å². The smallest absolute Gasteiger partial charge is 0.244 e. The van der Waals surface area contributed by atoms with Gasteiger partial charge in [0.1, 0.15) is 12.6 Å². The molecule has 3 aromatic carbocycles. The zero-order valence-electron chi connectivity index (χ0n) is 24.9. The number of anilines is 1. The highest BCUT2D eigenvalue weighted by Gasteiger charge is 2.35. The zero-order valence-corrected chi connectivity index (χ0v) is 27.2. The standard InChI is InChI=1S/C32H39Cl2N3O4S/c1-22(2)24-15-17-25(18-16-24)37(42(6,40)41)21-30(38)36(20-26-27(33)13-10-14-28(26)34)29(31(39)35-32(3,4)5)19-23-11-8-7-9-12-23/h7-18,22,29H,19-21H2,1-6H3,(H,35,39)/t29-/m1/s1. The van der Waals surface area contributed by atoms with Gasteiger partial charge in [0.05, 0.1) is 11.9 Å². The van der Waals surface area contributed by atoms with Gasteiger partial charge in [-0.25, -0.2) is 8.42 Å². The predicted molar refractivity (Wildman–Crippen MR) is 172 cm³/mol. The summed E-state index contributed by atoms with van der Waals surface area (Å²) < 4.78 is 27.0. The molecule has 0 aliphatic carbocycles. The molecule has 1 N–H and O–H groups in total. The Kier molecular flexibility index (Phi) is 11.1. The summed E-state index contributed by atoms with van der Waals surface area (Å²) in [5.74, 6) is -0.701. The average Bonchev–Trinajstić information content (AvgIpc) is 2.89. The SMILES string of the molecule is CC(C)c1ccc(N(CC(=O)N(Cc2c(Cl)cccc2Cl)[C@H](Cc2ccccc2)C(=O)NC(C)(C)C)S(C)(=O)=O)cc1. The Labute approximate surface area is 259 Å². The van der Waals surface area contributed by atoms with E-state index in [0.717, 1.165) is 21.7 Å². The number of halogens is 2. The summed E-state index contributed by atoms with van der Waals surface area (Å²) in [5.41, 5.74) is 2.10. The lowest BCUT2D eigenvalue weighted by Gasteiger charge is -2.35. The van der Waals surface area contributed by atoms with Crippen LogP contribution in [0.4, 0.5) is 5.69 Å². The molecule has 3 rings (SSSR count). The van der Waals surface area contributed by atoms with Crippen LogP contribution in [0.2, 0.25) is 10.0 Å². The first-order valence-corrected chi connectivity index (χ1v) is 16.3. The molecule has 0 fully saturated rings. The Bertz CT molecular complexity index is 1470. The summed E-state index contributed by atoms with van der Waals surface area (Å²) in [6.45, 7) is 9.03. The third-order valence-corrected chi connectivity index (χ3v) is 8.54. The molecule has 0 aliphatic heterocycles. The summed E-state index contributed by atoms with van der Waals surface area (Å²) in [5, 5.41) is 3.66. The van der Waals surface area contributed by atoms with Gasteiger partial charge in [0.25, 0.3) is 0 Å². The van der Waals surface area contributed by atoms with Gasteiger partial charge in [-0.3, -0.25) is 13.9 Å². The van der Waals surface area contributed by atoms with E-state index >= 15 is 0 Å². The van der Waals surface area contributed by atoms with Crippen molar-refractivity contribution in [2.75, 3.05) is 17.1 Å². The maximum Gasteiger partial charge on any atom is 0.244 e. The van der Waals surface area contributed by atoms with Gasteiger partial charge in [-0.1, -0.05) is 85.6 Å². The minimum atomic E-state index is -3.87. The van der Waals surface area contributed by atoms with Crippen molar-refractivity contribution in [3.05, 3.63) is 99.5 Å². The van der Waals surface area contributed by atoms with E-state index in [1.807, 2.05) is 77.1 Å². The van der Waals surface area contributed by atoms with E-state index in [1.54, 1.807) is 30.3 Å². The van der Waals surface area contributed by atoms with Crippen LogP contribution in [0.3, 0.4) is 0 Å². The predicted octanol–water partition coefficient (Wildman–Crippen LogP) is 6.44. The molecule has 42 heavy (non-hydrogen) atoms. The number of nitrogens with one attached hydrogen (secondary N) is 1. The second-order valence-electron chi connectivity index (χ2n) is 11.7. The Morgan fingerprint density at radius 1 is 0.881 bits per heavy atom. The molecule has 10 heteroatoms. The number of amides is 2. The van der Waals surface area contributed by atoms with Gasteiger partial charge in [0, 0.05) is 34.1 Å². The number of hydrogen-bond acceptors (Lipinski definition) is 4. The molecular weight excluding hydrogens is 593 g/mol. The highest BCUT2D eigenvalue weighted by molar-refractivity contribution is 7.92. The fourth-order valence-electron chi connectivity index (χ4n) is 4.50. The lowest BCUT2D eigenvalue weighted by Crippen LogP contribution is -2.56. The molecule has 0 bridgehead atoms. The number of carbonyl (C=O) groups excluding carboxylic acids is 2. The van der Waals surface area contributed by atoms with Crippen molar-refractivity contribution in [1.29, 1.82) is 0 Å². The number of hydrogen-bond donors (Lipinski definition) is 1. The van der Waals surface area contributed by atoms with Crippen molar-refractivity contribution in [2.45, 2.75) is 65.1 Å². The second-order valence-corrected chi connectivity index (χ2v) is 14.4. The van der Waals surface area contributed by atoms with Gasteiger partial charge in [0.2, 0.25) is 21.8 Å². The number of benzene rings is 3. The summed E-state index contributed by atoms with van der Waals surface area (Å²) >= 11 is 13.0. The Hall–Kier alpha value is -3.07. The van der Waals surface area contributed by atoms with Crippen molar-refractivity contribution in [3.63, 3.8) is 0 Å². The van der Waals surface area contributed by atoms with Crippen LogP contribution in [0.25, 0.3) is 0 Å². The topological polar surface area (TPSA) is 86.8 Å². The van der Waals surface area contributed by atoms with E-state index in [9.17, 15) is 18.0 Å². The average molecular weight is 633 g/mol. The van der Waals surface area contributed by atoms with Crippen molar-refractivity contribution in [1.82, 2.24) is 10.2 Å². The number of carbonyl (C=O) groups is 2. The largest absolute Gasteiger partial charge is 0.350 e. The Morgan fingerprint density at radius 3 is 1.95 bits per heavy atom. The molecule has 3 aromatic rings. The van der Waals surface area contributed by atoms with Crippen LogP contribution in [-0.2, 0) is 32.6 Å². The minimum Gasteiger partial charge on any atom is -0.350 e. The van der Waals surface area contributed by atoms with Crippen LogP contribution in [0, 0.1) is 0 Å². The molecule has 0 heterocycles. The molecular formula is C32H39Cl2N3O4S. The zero-order chi connectivity index (χ0) is 31.2. The molecule has 0 aromatic heterocycles. The molecule has 7 nitrogen and oxygen atoms in total. The second kappa shape index (κ2) is 13.9. The van der Waals surface area contributed by atoms with Crippen LogP contribution in [-0.4, -0.2) is 49.5 Å². The summed E-state index contributed by atoms with van der Waals surface area (Å²) in [6.07, 6.45) is 1.25. The molecule has 226 valence electrons. The molecule has 2 amide bonds. The van der Waals surface area contributed by atoms with Crippen LogP contribution in [0.5, 0.6) is 0 Å². The third-order valence-electron chi connectivity index (χ3n) is 6.69. The first-order valence-electron chi connectivity index (χ1n) is 13.7. The highest BCUT2D eigenvalue weighted by Crippen LogP contribution is 2.28. The summed E-state index contributed by atoms with van der Waals surface area (Å²) in [4.78, 5) is 29.4. The van der Waals surface area contributed by atoms with Gasteiger partial charge in [-0.05, 0) is 62.1 Å². The van der Waals surface area contributed by atoms with E-state index in [1.165, 1.54) is 4.90 Å². The van der Waals surface area contributed by atoms with E-state index in [2.05, 4.69) is 5.32 Å². The Morgan fingerprint density at radius 2 is 1.45 bits per heavy atom. The van der Waals surface area contributed by atoms with Crippen molar-refractivity contribution in [3.8, 4) is 0 Å². The molecule has 0 radical (unpaired) electrons. The first-order chi connectivity index (χ1) is 19.6. The maximum absolute atomic E-state index is 14.2. The normalized spacial score (nSPS) is 12.6. The lowest BCUT2D eigenvalue weighted by atomic mass is 10.0. The van der Waals surface area contributed by atoms with Crippen LogP contribution in [0.15, 0.2) is 72.8 Å². The quantitative estimate of drug-likeness (QED) is 0.264. The fourth-order valence-corrected chi connectivity index (χ4v) is 5.87. The van der Waals surface area contributed by atoms with Gasteiger partial charge in [-0.2, -0.15) is 0 Å². The number of rotatable bonds is 11. The van der Waals surface area contributed by atoms with Gasteiger partial charge < -0.3 is 10.2 Å². The Balaban J connectivity index is 2.11. The summed E-state index contributed by atoms with van der Waals surface area (Å²) in [7, 11) is -3.87. The highest BCUT2D eigenvalue weighted by atomic mass is 35.5. The summed E-state index contributed by atoms with van der Waals surface area (Å²) in [6, 6.07) is 20.4. The van der Waals surface area contributed by atoms with Crippen molar-refractivity contribution < 1.29 is 18.0 Å². The molecule has 0 saturated carbocycles. The van der Waals surface area contributed by atoms with Gasteiger partial charge in [0.15, 0.2) is 0 Å². The first kappa shape index (κ1) is 33.4. The third kappa shape index (κ3) is 9.21. The molecule has 1 atom stereocenters. The van der Waals surface area contributed by atoms with E-state index in [0.29, 0.717) is 21.3 Å². The minimum absolute atomic E-state index is 0.101. The van der Waals surface area contributed by atoms with E-state index < -0.39 is 34.1 Å². The van der Waals surface area contributed by atoms with Gasteiger partial charge in [-0.15, -0.1) is 0 Å². The van der Waals surface area contributed by atoms with Crippen molar-refractivity contribution >= 4 is 50.7 Å². The van der Waals surface area contributed by atoms with E-state index in [4.69, 9.17) is 23.2 Å².